The lowest BCUT2D eigenvalue weighted by atomic mass is 9.78. The summed E-state index contributed by atoms with van der Waals surface area (Å²) in [5.74, 6) is 0.0158. The summed E-state index contributed by atoms with van der Waals surface area (Å²) < 4.78 is 16.6. The second kappa shape index (κ2) is 4.55. The minimum Gasteiger partial charge on any atom is -0.464 e. The fourth-order valence-corrected chi connectivity index (χ4v) is 4.10. The van der Waals surface area contributed by atoms with E-state index in [1.165, 1.54) is 0 Å². The Balaban J connectivity index is 1.55. The van der Waals surface area contributed by atoms with E-state index in [4.69, 9.17) is 14.2 Å². The summed E-state index contributed by atoms with van der Waals surface area (Å²) in [6.45, 7) is 0.479. The summed E-state index contributed by atoms with van der Waals surface area (Å²) in [6, 6.07) is 9.92. The van der Waals surface area contributed by atoms with Crippen molar-refractivity contribution in [1.29, 1.82) is 0 Å². The monoisotopic (exact) mass is 338 g/mol. The molecule has 20 heavy (non-hydrogen) atoms. The molecule has 1 aliphatic carbocycles. The molecule has 2 heterocycles. The second-order valence-corrected chi connectivity index (χ2v) is 7.10. The minimum absolute atomic E-state index is 0.0466. The van der Waals surface area contributed by atoms with E-state index in [-0.39, 0.29) is 30.4 Å². The Hall–Kier alpha value is -0.910. The predicted octanol–water partition coefficient (Wildman–Crippen LogP) is 2.57. The van der Waals surface area contributed by atoms with Crippen molar-refractivity contribution in [3.63, 3.8) is 0 Å². The standard InChI is InChI=1S/C15H15BrO4/c16-15-7-12-11(6-10(15)8-18-14(15)17)19-13(20-12)9-4-2-1-3-5-9/h1-5,10-13H,6-8H2/t10-,11+,12-,13-,15+/m0/s1. The molecule has 3 fully saturated rings. The molecule has 2 aliphatic heterocycles. The van der Waals surface area contributed by atoms with Gasteiger partial charge in [-0.1, -0.05) is 46.3 Å². The van der Waals surface area contributed by atoms with Crippen molar-refractivity contribution < 1.29 is 19.0 Å². The van der Waals surface area contributed by atoms with Crippen LogP contribution >= 0.6 is 15.9 Å². The molecule has 5 atom stereocenters. The van der Waals surface area contributed by atoms with Crippen LogP contribution in [0.15, 0.2) is 30.3 Å². The Labute approximate surface area is 125 Å². The van der Waals surface area contributed by atoms with Gasteiger partial charge in [-0.2, -0.15) is 0 Å². The molecular formula is C15H15BrO4. The van der Waals surface area contributed by atoms with Gasteiger partial charge in [-0.15, -0.1) is 0 Å². The maximum atomic E-state index is 11.9. The van der Waals surface area contributed by atoms with Gasteiger partial charge in [0.05, 0.1) is 18.8 Å². The van der Waals surface area contributed by atoms with Crippen LogP contribution in [0.1, 0.15) is 24.7 Å². The van der Waals surface area contributed by atoms with Crippen LogP contribution in [0.5, 0.6) is 0 Å². The van der Waals surface area contributed by atoms with Gasteiger partial charge in [0, 0.05) is 17.9 Å². The van der Waals surface area contributed by atoms with E-state index in [0.29, 0.717) is 13.0 Å². The van der Waals surface area contributed by atoms with E-state index >= 15 is 0 Å². The van der Waals surface area contributed by atoms with Crippen LogP contribution in [-0.2, 0) is 19.0 Å². The molecule has 0 unspecified atom stereocenters. The first kappa shape index (κ1) is 12.8. The van der Waals surface area contributed by atoms with Gasteiger partial charge in [-0.05, 0) is 6.42 Å². The zero-order chi connectivity index (χ0) is 13.7. The van der Waals surface area contributed by atoms with E-state index in [1.54, 1.807) is 0 Å². The van der Waals surface area contributed by atoms with Crippen LogP contribution in [0.3, 0.4) is 0 Å². The number of hydrogen-bond acceptors (Lipinski definition) is 4. The van der Waals surface area contributed by atoms with E-state index in [0.717, 1.165) is 12.0 Å². The number of halogens is 1. The van der Waals surface area contributed by atoms with Crippen molar-refractivity contribution >= 4 is 21.9 Å². The van der Waals surface area contributed by atoms with Crippen molar-refractivity contribution in [3.8, 4) is 0 Å². The zero-order valence-corrected chi connectivity index (χ0v) is 12.4. The third-order valence-electron chi connectivity index (χ3n) is 4.50. The van der Waals surface area contributed by atoms with Gasteiger partial charge in [-0.25, -0.2) is 0 Å². The second-order valence-electron chi connectivity index (χ2n) is 5.69. The maximum Gasteiger partial charge on any atom is 0.323 e. The molecule has 2 saturated heterocycles. The molecule has 0 aromatic heterocycles. The maximum absolute atomic E-state index is 11.9. The van der Waals surface area contributed by atoms with Gasteiger partial charge in [0.1, 0.15) is 4.32 Å². The highest BCUT2D eigenvalue weighted by molar-refractivity contribution is 9.10. The summed E-state index contributed by atoms with van der Waals surface area (Å²) in [5, 5.41) is 0. The topological polar surface area (TPSA) is 44.8 Å². The van der Waals surface area contributed by atoms with Crippen LogP contribution in [0, 0.1) is 5.92 Å². The quantitative estimate of drug-likeness (QED) is 0.583. The van der Waals surface area contributed by atoms with E-state index in [9.17, 15) is 4.79 Å². The van der Waals surface area contributed by atoms with E-state index in [2.05, 4.69) is 15.9 Å². The zero-order valence-electron chi connectivity index (χ0n) is 10.8. The van der Waals surface area contributed by atoms with Gasteiger partial charge >= 0.3 is 5.97 Å². The Morgan fingerprint density at radius 2 is 1.90 bits per heavy atom. The first-order valence-corrected chi connectivity index (χ1v) is 7.68. The number of rotatable bonds is 1. The number of benzene rings is 1. The Morgan fingerprint density at radius 3 is 2.70 bits per heavy atom. The third-order valence-corrected chi connectivity index (χ3v) is 5.80. The number of hydrogen-bond donors (Lipinski definition) is 0. The van der Waals surface area contributed by atoms with Crippen molar-refractivity contribution in [1.82, 2.24) is 0 Å². The third kappa shape index (κ3) is 1.84. The van der Waals surface area contributed by atoms with Crippen molar-refractivity contribution in [3.05, 3.63) is 35.9 Å². The molecule has 0 N–H and O–H groups in total. The average molecular weight is 339 g/mol. The van der Waals surface area contributed by atoms with E-state index in [1.807, 2.05) is 30.3 Å². The lowest BCUT2D eigenvalue weighted by Crippen LogP contribution is -2.47. The molecule has 0 bridgehead atoms. The number of carbonyl (C=O) groups is 1. The van der Waals surface area contributed by atoms with Crippen LogP contribution in [0.25, 0.3) is 0 Å². The van der Waals surface area contributed by atoms with Gasteiger partial charge < -0.3 is 14.2 Å². The van der Waals surface area contributed by atoms with Gasteiger partial charge in [0.25, 0.3) is 0 Å². The molecule has 1 saturated carbocycles. The number of alkyl halides is 1. The van der Waals surface area contributed by atoms with Crippen LogP contribution in [0.2, 0.25) is 0 Å². The number of fused-ring (bicyclic) bond motifs is 2. The number of cyclic esters (lactones) is 1. The van der Waals surface area contributed by atoms with Crippen molar-refractivity contribution in [2.24, 2.45) is 5.92 Å². The number of esters is 1. The highest BCUT2D eigenvalue weighted by Crippen LogP contribution is 2.51. The van der Waals surface area contributed by atoms with E-state index < -0.39 is 4.32 Å². The smallest absolute Gasteiger partial charge is 0.323 e. The molecular weight excluding hydrogens is 324 g/mol. The highest BCUT2D eigenvalue weighted by Gasteiger charge is 2.59. The fraction of sp³-hybridized carbons (Fsp3) is 0.533. The summed E-state index contributed by atoms with van der Waals surface area (Å²) in [5.41, 5.74) is 1.03. The molecule has 5 heteroatoms. The summed E-state index contributed by atoms with van der Waals surface area (Å²) in [7, 11) is 0. The van der Waals surface area contributed by atoms with Gasteiger partial charge in [-0.3, -0.25) is 4.79 Å². The lowest BCUT2D eigenvalue weighted by Gasteiger charge is -2.35. The molecule has 106 valence electrons. The molecule has 1 aromatic carbocycles. The van der Waals surface area contributed by atoms with Crippen molar-refractivity contribution in [2.75, 3.05) is 6.61 Å². The van der Waals surface area contributed by atoms with Gasteiger partial charge in [0.15, 0.2) is 6.29 Å². The average Bonchev–Trinajstić information content (AvgIpc) is 2.99. The Morgan fingerprint density at radius 1 is 1.15 bits per heavy atom. The summed E-state index contributed by atoms with van der Waals surface area (Å²) in [6.07, 6.45) is 1.08. The molecule has 4 nitrogen and oxygen atoms in total. The predicted molar refractivity (Wildman–Crippen MR) is 74.3 cm³/mol. The van der Waals surface area contributed by atoms with Gasteiger partial charge in [0.2, 0.25) is 0 Å². The van der Waals surface area contributed by atoms with Crippen molar-refractivity contribution in [2.45, 2.75) is 35.7 Å². The minimum atomic E-state index is -0.580. The Kier molecular flexibility index (Phi) is 2.91. The molecule has 0 spiro atoms. The number of ether oxygens (including phenoxy) is 3. The Bertz CT molecular complexity index is 534. The molecule has 4 rings (SSSR count). The van der Waals surface area contributed by atoms with Crippen LogP contribution in [-0.4, -0.2) is 29.1 Å². The lowest BCUT2D eigenvalue weighted by molar-refractivity contribution is -0.140. The molecule has 0 amide bonds. The summed E-state index contributed by atoms with van der Waals surface area (Å²) >= 11 is 3.59. The normalized spacial score (nSPS) is 43.0. The summed E-state index contributed by atoms with van der Waals surface area (Å²) in [4.78, 5) is 11.9. The molecule has 0 radical (unpaired) electrons. The number of carbonyl (C=O) groups excluding carboxylic acids is 1. The largest absolute Gasteiger partial charge is 0.464 e. The highest BCUT2D eigenvalue weighted by atomic mass is 79.9. The SMILES string of the molecule is O=C1OC[C@@H]2C[C@H]3O[C@H](c4ccccc4)O[C@H]3C[C@]12Br. The molecule has 1 aromatic rings. The first-order chi connectivity index (χ1) is 9.67. The van der Waals surface area contributed by atoms with Crippen LogP contribution in [0.4, 0.5) is 0 Å². The fourth-order valence-electron chi connectivity index (χ4n) is 3.35. The van der Waals surface area contributed by atoms with Crippen LogP contribution < -0.4 is 0 Å². The molecule has 3 aliphatic rings. The first-order valence-electron chi connectivity index (χ1n) is 6.89.